The number of benzene rings is 1. The van der Waals surface area contributed by atoms with Crippen LogP contribution in [-0.2, 0) is 12.8 Å². The van der Waals surface area contributed by atoms with Gasteiger partial charge in [-0.15, -0.1) is 11.3 Å². The Labute approximate surface area is 147 Å². The zero-order chi connectivity index (χ0) is 16.7. The first-order valence-corrected chi connectivity index (χ1v) is 9.66. The summed E-state index contributed by atoms with van der Waals surface area (Å²) in [5.41, 5.74) is 4.04. The van der Waals surface area contributed by atoms with E-state index in [-0.39, 0.29) is 5.91 Å². The van der Waals surface area contributed by atoms with Crippen molar-refractivity contribution < 1.29 is 4.79 Å². The topological polar surface area (TPSA) is 32.3 Å². The van der Waals surface area contributed by atoms with Gasteiger partial charge in [0, 0.05) is 23.5 Å². The van der Waals surface area contributed by atoms with Gasteiger partial charge in [-0.3, -0.25) is 9.69 Å². The number of hydrogen-bond acceptors (Lipinski definition) is 3. The molecule has 0 bridgehead atoms. The van der Waals surface area contributed by atoms with Crippen molar-refractivity contribution in [3.05, 3.63) is 46.3 Å². The van der Waals surface area contributed by atoms with Crippen molar-refractivity contribution in [1.82, 2.24) is 10.2 Å². The summed E-state index contributed by atoms with van der Waals surface area (Å²) in [6.45, 7) is 2.90. The van der Waals surface area contributed by atoms with Gasteiger partial charge in [-0.2, -0.15) is 0 Å². The number of thiophene rings is 1. The highest BCUT2D eigenvalue weighted by Gasteiger charge is 2.29. The molecule has 1 amide bonds. The summed E-state index contributed by atoms with van der Waals surface area (Å²) in [7, 11) is 2.16. The summed E-state index contributed by atoms with van der Waals surface area (Å²) in [5.74, 6) is 0.0722. The Bertz CT molecular complexity index is 763. The predicted octanol–water partition coefficient (Wildman–Crippen LogP) is 3.73. The summed E-state index contributed by atoms with van der Waals surface area (Å²) in [6.07, 6.45) is 4.71. The number of fused-ring (bicyclic) bond motifs is 3. The molecule has 0 saturated heterocycles. The SMILES string of the molecule is CC(CNC(=O)c1cc2c(s1)-c1ccccc1CC2)N(C)C1CC1. The molecule has 1 unspecified atom stereocenters. The maximum absolute atomic E-state index is 12.6. The fraction of sp³-hybridized carbons (Fsp3) is 0.450. The third-order valence-electron chi connectivity index (χ3n) is 5.33. The highest BCUT2D eigenvalue weighted by molar-refractivity contribution is 7.17. The molecule has 0 spiro atoms. The number of likely N-dealkylation sites (N-methyl/N-ethyl adjacent to an activating group) is 1. The minimum atomic E-state index is 0.0722. The minimum Gasteiger partial charge on any atom is -0.350 e. The van der Waals surface area contributed by atoms with Gasteiger partial charge in [0.15, 0.2) is 0 Å². The van der Waals surface area contributed by atoms with E-state index in [4.69, 9.17) is 0 Å². The molecule has 1 heterocycles. The van der Waals surface area contributed by atoms with Gasteiger partial charge in [0.2, 0.25) is 0 Å². The van der Waals surface area contributed by atoms with E-state index >= 15 is 0 Å². The van der Waals surface area contributed by atoms with Gasteiger partial charge >= 0.3 is 0 Å². The van der Waals surface area contributed by atoms with Crippen LogP contribution in [0.1, 0.15) is 40.6 Å². The first kappa shape index (κ1) is 15.9. The average Bonchev–Trinajstić information content (AvgIpc) is 3.36. The van der Waals surface area contributed by atoms with E-state index in [0.717, 1.165) is 23.8 Å². The fourth-order valence-electron chi connectivity index (χ4n) is 3.50. The summed E-state index contributed by atoms with van der Waals surface area (Å²) >= 11 is 1.64. The summed E-state index contributed by atoms with van der Waals surface area (Å²) in [6, 6.07) is 11.8. The number of hydrogen-bond donors (Lipinski definition) is 1. The standard InChI is InChI=1S/C20H24N2OS/c1-13(22(2)16-9-10-16)12-21-20(23)18-11-15-8-7-14-5-3-4-6-17(14)19(15)24-18/h3-6,11,13,16H,7-10,12H2,1-2H3,(H,21,23). The zero-order valence-electron chi connectivity index (χ0n) is 14.3. The van der Waals surface area contributed by atoms with E-state index in [9.17, 15) is 4.79 Å². The smallest absolute Gasteiger partial charge is 0.261 e. The lowest BCUT2D eigenvalue weighted by Gasteiger charge is -2.24. The number of carbonyl (C=O) groups excluding carboxylic acids is 1. The van der Waals surface area contributed by atoms with Crippen molar-refractivity contribution in [1.29, 1.82) is 0 Å². The van der Waals surface area contributed by atoms with Crippen LogP contribution < -0.4 is 5.32 Å². The second-order valence-corrected chi connectivity index (χ2v) is 8.13. The van der Waals surface area contributed by atoms with Crippen molar-refractivity contribution in [3.63, 3.8) is 0 Å². The molecule has 1 saturated carbocycles. The quantitative estimate of drug-likeness (QED) is 0.899. The Kier molecular flexibility index (Phi) is 4.19. The van der Waals surface area contributed by atoms with Crippen LogP contribution in [0.15, 0.2) is 30.3 Å². The van der Waals surface area contributed by atoms with Crippen molar-refractivity contribution in [2.75, 3.05) is 13.6 Å². The fourth-order valence-corrected chi connectivity index (χ4v) is 4.68. The molecule has 2 aromatic rings. The van der Waals surface area contributed by atoms with E-state index in [2.05, 4.69) is 54.5 Å². The van der Waals surface area contributed by atoms with Crippen LogP contribution in [0.25, 0.3) is 10.4 Å². The van der Waals surface area contributed by atoms with Crippen LogP contribution in [-0.4, -0.2) is 36.5 Å². The maximum atomic E-state index is 12.6. The van der Waals surface area contributed by atoms with E-state index in [0.29, 0.717) is 12.6 Å². The Morgan fingerprint density at radius 1 is 1.29 bits per heavy atom. The first-order chi connectivity index (χ1) is 11.6. The molecule has 4 heteroatoms. The molecule has 2 aliphatic rings. The van der Waals surface area contributed by atoms with E-state index in [1.54, 1.807) is 11.3 Å². The van der Waals surface area contributed by atoms with Crippen LogP contribution >= 0.6 is 11.3 Å². The largest absolute Gasteiger partial charge is 0.350 e. The summed E-state index contributed by atoms with van der Waals surface area (Å²) in [4.78, 5) is 17.1. The normalized spacial score (nSPS) is 17.3. The molecule has 4 rings (SSSR count). The minimum absolute atomic E-state index is 0.0722. The lowest BCUT2D eigenvalue weighted by Crippen LogP contribution is -2.41. The van der Waals surface area contributed by atoms with Gasteiger partial charge in [-0.05, 0) is 62.4 Å². The molecule has 3 nitrogen and oxygen atoms in total. The number of rotatable bonds is 5. The Balaban J connectivity index is 1.46. The van der Waals surface area contributed by atoms with Crippen molar-refractivity contribution >= 4 is 17.2 Å². The van der Waals surface area contributed by atoms with Gasteiger partial charge in [0.25, 0.3) is 5.91 Å². The van der Waals surface area contributed by atoms with Crippen LogP contribution in [0.5, 0.6) is 0 Å². The van der Waals surface area contributed by atoms with Gasteiger partial charge < -0.3 is 5.32 Å². The number of amides is 1. The molecule has 24 heavy (non-hydrogen) atoms. The summed E-state index contributed by atoms with van der Waals surface area (Å²) in [5, 5.41) is 3.13. The lowest BCUT2D eigenvalue weighted by atomic mass is 9.91. The Morgan fingerprint density at radius 3 is 2.83 bits per heavy atom. The second kappa shape index (κ2) is 6.34. The van der Waals surface area contributed by atoms with Crippen LogP contribution in [0.3, 0.4) is 0 Å². The Hall–Kier alpha value is -1.65. The highest BCUT2D eigenvalue weighted by Crippen LogP contribution is 2.39. The molecule has 1 fully saturated rings. The molecule has 1 atom stereocenters. The first-order valence-electron chi connectivity index (χ1n) is 8.84. The molecular formula is C20H24N2OS. The van der Waals surface area contributed by atoms with Crippen LogP contribution in [0, 0.1) is 0 Å². The molecule has 2 aliphatic carbocycles. The number of carbonyl (C=O) groups is 1. The van der Waals surface area contributed by atoms with Gasteiger partial charge in [0.05, 0.1) is 4.88 Å². The summed E-state index contributed by atoms with van der Waals surface area (Å²) < 4.78 is 0. The molecule has 1 aromatic carbocycles. The third kappa shape index (κ3) is 3.01. The molecule has 0 aliphatic heterocycles. The number of nitrogens with zero attached hydrogens (tertiary/aromatic N) is 1. The van der Waals surface area contributed by atoms with Crippen molar-refractivity contribution in [2.24, 2.45) is 0 Å². The van der Waals surface area contributed by atoms with Gasteiger partial charge in [-0.25, -0.2) is 0 Å². The third-order valence-corrected chi connectivity index (χ3v) is 6.54. The van der Waals surface area contributed by atoms with Crippen LogP contribution in [0.4, 0.5) is 0 Å². The molecular weight excluding hydrogens is 316 g/mol. The number of aryl methyl sites for hydroxylation is 2. The highest BCUT2D eigenvalue weighted by atomic mass is 32.1. The average molecular weight is 340 g/mol. The van der Waals surface area contributed by atoms with Crippen molar-refractivity contribution in [3.8, 4) is 10.4 Å². The van der Waals surface area contributed by atoms with Crippen molar-refractivity contribution in [2.45, 2.75) is 44.7 Å². The predicted molar refractivity (Wildman–Crippen MR) is 99.7 cm³/mol. The molecule has 1 N–H and O–H groups in total. The molecule has 0 radical (unpaired) electrons. The van der Waals surface area contributed by atoms with E-state index < -0.39 is 0 Å². The number of nitrogens with one attached hydrogen (secondary N) is 1. The Morgan fingerprint density at radius 2 is 2.04 bits per heavy atom. The molecule has 126 valence electrons. The zero-order valence-corrected chi connectivity index (χ0v) is 15.2. The van der Waals surface area contributed by atoms with E-state index in [1.165, 1.54) is 34.4 Å². The van der Waals surface area contributed by atoms with Gasteiger partial charge in [-0.1, -0.05) is 24.3 Å². The monoisotopic (exact) mass is 340 g/mol. The van der Waals surface area contributed by atoms with Crippen LogP contribution in [0.2, 0.25) is 0 Å². The molecule has 1 aromatic heterocycles. The van der Waals surface area contributed by atoms with E-state index in [1.807, 2.05) is 0 Å². The van der Waals surface area contributed by atoms with Gasteiger partial charge in [0.1, 0.15) is 0 Å². The second-order valence-electron chi connectivity index (χ2n) is 7.08. The lowest BCUT2D eigenvalue weighted by molar-refractivity contribution is 0.0943. The maximum Gasteiger partial charge on any atom is 0.261 e.